The first-order chi connectivity index (χ1) is 12.8. The van der Waals surface area contributed by atoms with E-state index in [1.54, 1.807) is 24.3 Å². The van der Waals surface area contributed by atoms with E-state index >= 15 is 0 Å². The first kappa shape index (κ1) is 19.3. The Kier molecular flexibility index (Phi) is 5.49. The standard InChI is InChI=1S/C18H12Cl2F3N3O/c1-24-11-2-4-12(5-3-11)27-7-6-26-16-9-14(20)13(19)8-15(16)25-17(26)10-18(21,22)23/h2-5,8-9H,6-7,10H2. The molecule has 0 saturated heterocycles. The Balaban J connectivity index is 1.85. The van der Waals surface area contributed by atoms with Gasteiger partial charge >= 0.3 is 6.18 Å². The summed E-state index contributed by atoms with van der Waals surface area (Å²) in [6, 6.07) is 9.41. The molecule has 9 heteroatoms. The van der Waals surface area contributed by atoms with Crippen LogP contribution < -0.4 is 4.74 Å². The molecule has 0 bridgehead atoms. The molecule has 0 saturated carbocycles. The van der Waals surface area contributed by atoms with E-state index in [-0.39, 0.29) is 29.0 Å². The van der Waals surface area contributed by atoms with Gasteiger partial charge in [0.05, 0.1) is 34.2 Å². The Hall–Kier alpha value is -2.43. The summed E-state index contributed by atoms with van der Waals surface area (Å²) in [5.41, 5.74) is 1.27. The average molecular weight is 414 g/mol. The lowest BCUT2D eigenvalue weighted by Crippen LogP contribution is -2.18. The lowest BCUT2D eigenvalue weighted by Gasteiger charge is -2.12. The third kappa shape index (κ3) is 4.65. The summed E-state index contributed by atoms with van der Waals surface area (Å²) in [4.78, 5) is 7.34. The van der Waals surface area contributed by atoms with Crippen molar-refractivity contribution in [2.24, 2.45) is 0 Å². The maximum atomic E-state index is 12.9. The molecular formula is C18H12Cl2F3N3O. The van der Waals surface area contributed by atoms with E-state index in [1.165, 1.54) is 16.7 Å². The van der Waals surface area contributed by atoms with Crippen LogP contribution >= 0.6 is 23.2 Å². The Morgan fingerprint density at radius 3 is 2.41 bits per heavy atom. The van der Waals surface area contributed by atoms with Crippen molar-refractivity contribution in [3.63, 3.8) is 0 Å². The predicted molar refractivity (Wildman–Crippen MR) is 97.7 cm³/mol. The van der Waals surface area contributed by atoms with E-state index in [0.29, 0.717) is 22.5 Å². The first-order valence-electron chi connectivity index (χ1n) is 7.78. The summed E-state index contributed by atoms with van der Waals surface area (Å²) in [5.74, 6) is 0.382. The van der Waals surface area contributed by atoms with Crippen LogP contribution in [0.25, 0.3) is 15.9 Å². The number of rotatable bonds is 5. The van der Waals surface area contributed by atoms with Gasteiger partial charge < -0.3 is 9.30 Å². The molecule has 4 nitrogen and oxygen atoms in total. The van der Waals surface area contributed by atoms with E-state index in [9.17, 15) is 13.2 Å². The van der Waals surface area contributed by atoms with Crippen LogP contribution in [0.3, 0.4) is 0 Å². The molecule has 0 atom stereocenters. The van der Waals surface area contributed by atoms with E-state index in [4.69, 9.17) is 34.5 Å². The van der Waals surface area contributed by atoms with Gasteiger partial charge in [0.2, 0.25) is 0 Å². The highest BCUT2D eigenvalue weighted by Crippen LogP contribution is 2.30. The number of ether oxygens (including phenoxy) is 1. The Morgan fingerprint density at radius 2 is 1.78 bits per heavy atom. The van der Waals surface area contributed by atoms with Crippen LogP contribution in [0, 0.1) is 6.57 Å². The lowest BCUT2D eigenvalue weighted by atomic mass is 10.3. The quantitative estimate of drug-likeness (QED) is 0.474. The molecule has 3 rings (SSSR count). The topological polar surface area (TPSA) is 31.4 Å². The maximum absolute atomic E-state index is 12.9. The summed E-state index contributed by atoms with van der Waals surface area (Å²) in [7, 11) is 0. The second kappa shape index (κ2) is 7.67. The number of aromatic nitrogens is 2. The van der Waals surface area contributed by atoms with Crippen LogP contribution in [-0.4, -0.2) is 22.3 Å². The number of hydrogen-bond donors (Lipinski definition) is 0. The van der Waals surface area contributed by atoms with Crippen molar-refractivity contribution in [3.05, 3.63) is 63.7 Å². The molecule has 1 aromatic heterocycles. The molecule has 0 aliphatic rings. The molecule has 0 aliphatic heterocycles. The number of halogens is 5. The molecule has 27 heavy (non-hydrogen) atoms. The third-order valence-corrected chi connectivity index (χ3v) is 4.50. The zero-order valence-corrected chi connectivity index (χ0v) is 15.2. The van der Waals surface area contributed by atoms with Crippen LogP contribution in [0.5, 0.6) is 5.75 Å². The van der Waals surface area contributed by atoms with Gasteiger partial charge in [-0.1, -0.05) is 35.3 Å². The van der Waals surface area contributed by atoms with E-state index in [0.717, 1.165) is 0 Å². The highest BCUT2D eigenvalue weighted by molar-refractivity contribution is 6.42. The third-order valence-electron chi connectivity index (χ3n) is 3.78. The molecule has 140 valence electrons. The van der Waals surface area contributed by atoms with Gasteiger partial charge in [-0.05, 0) is 24.3 Å². The van der Waals surface area contributed by atoms with Gasteiger partial charge in [0.25, 0.3) is 0 Å². The number of imidazole rings is 1. The molecule has 0 aliphatic carbocycles. The molecule has 2 aromatic carbocycles. The molecule has 0 unspecified atom stereocenters. The molecule has 0 spiro atoms. The molecular weight excluding hydrogens is 402 g/mol. The Labute approximate surface area is 162 Å². The fourth-order valence-electron chi connectivity index (χ4n) is 2.61. The molecule has 1 heterocycles. The number of fused-ring (bicyclic) bond motifs is 1. The summed E-state index contributed by atoms with van der Waals surface area (Å²) >= 11 is 12.0. The van der Waals surface area contributed by atoms with Gasteiger partial charge in [0, 0.05) is 0 Å². The van der Waals surface area contributed by atoms with Gasteiger partial charge in [-0.3, -0.25) is 0 Å². The van der Waals surface area contributed by atoms with Crippen molar-refractivity contribution in [2.75, 3.05) is 6.61 Å². The second-order valence-electron chi connectivity index (χ2n) is 5.68. The van der Waals surface area contributed by atoms with E-state index in [2.05, 4.69) is 9.83 Å². The van der Waals surface area contributed by atoms with E-state index < -0.39 is 12.6 Å². The monoisotopic (exact) mass is 413 g/mol. The van der Waals surface area contributed by atoms with E-state index in [1.807, 2.05) is 0 Å². The van der Waals surface area contributed by atoms with Crippen molar-refractivity contribution < 1.29 is 17.9 Å². The largest absolute Gasteiger partial charge is 0.492 e. The van der Waals surface area contributed by atoms with Crippen molar-refractivity contribution >= 4 is 39.9 Å². The van der Waals surface area contributed by atoms with Crippen molar-refractivity contribution in [2.45, 2.75) is 19.1 Å². The summed E-state index contributed by atoms with van der Waals surface area (Å²) in [5, 5.41) is 0.461. The lowest BCUT2D eigenvalue weighted by molar-refractivity contribution is -0.128. The normalized spacial score (nSPS) is 11.6. The minimum Gasteiger partial charge on any atom is -0.492 e. The van der Waals surface area contributed by atoms with Crippen molar-refractivity contribution in [1.82, 2.24) is 9.55 Å². The Bertz CT molecular complexity index is 1010. The van der Waals surface area contributed by atoms with Gasteiger partial charge in [0.15, 0.2) is 5.69 Å². The zero-order chi connectivity index (χ0) is 19.6. The molecule has 0 fully saturated rings. The zero-order valence-electron chi connectivity index (χ0n) is 13.7. The van der Waals surface area contributed by atoms with Crippen LogP contribution in [0.15, 0.2) is 36.4 Å². The van der Waals surface area contributed by atoms with Crippen molar-refractivity contribution in [1.29, 1.82) is 0 Å². The van der Waals surface area contributed by atoms with Crippen LogP contribution in [0.2, 0.25) is 10.0 Å². The molecule has 0 radical (unpaired) electrons. The Morgan fingerprint density at radius 1 is 1.11 bits per heavy atom. The van der Waals surface area contributed by atoms with Gasteiger partial charge in [0.1, 0.15) is 24.6 Å². The van der Waals surface area contributed by atoms with Crippen molar-refractivity contribution in [3.8, 4) is 5.75 Å². The fraction of sp³-hybridized carbons (Fsp3) is 0.222. The summed E-state index contributed by atoms with van der Waals surface area (Å²) in [6.07, 6.45) is -5.57. The number of hydrogen-bond acceptors (Lipinski definition) is 2. The molecule has 3 aromatic rings. The average Bonchev–Trinajstić information content (AvgIpc) is 2.90. The number of alkyl halides is 3. The second-order valence-corrected chi connectivity index (χ2v) is 6.50. The SMILES string of the molecule is [C-]#[N+]c1ccc(OCCn2c(CC(F)(F)F)nc3cc(Cl)c(Cl)cc32)cc1. The highest BCUT2D eigenvalue weighted by Gasteiger charge is 2.31. The molecule has 0 N–H and O–H groups in total. The summed E-state index contributed by atoms with van der Waals surface area (Å²) < 4.78 is 45.7. The van der Waals surface area contributed by atoms with Gasteiger partial charge in [-0.15, -0.1) is 0 Å². The van der Waals surface area contributed by atoms with Gasteiger partial charge in [-0.25, -0.2) is 9.83 Å². The molecule has 0 amide bonds. The first-order valence-corrected chi connectivity index (χ1v) is 8.53. The van der Waals surface area contributed by atoms with Crippen LogP contribution in [0.1, 0.15) is 5.82 Å². The van der Waals surface area contributed by atoms with Gasteiger partial charge in [-0.2, -0.15) is 13.2 Å². The summed E-state index contributed by atoms with van der Waals surface area (Å²) in [6.45, 7) is 7.18. The van der Waals surface area contributed by atoms with Crippen LogP contribution in [-0.2, 0) is 13.0 Å². The smallest absolute Gasteiger partial charge is 0.396 e. The predicted octanol–water partition coefficient (Wildman–Crippen LogP) is 6.08. The minimum absolute atomic E-state index is 0.119. The van der Waals surface area contributed by atoms with Crippen LogP contribution in [0.4, 0.5) is 18.9 Å². The fourth-order valence-corrected chi connectivity index (χ4v) is 2.92. The minimum atomic E-state index is -4.40. The maximum Gasteiger partial charge on any atom is 0.396 e. The highest BCUT2D eigenvalue weighted by atomic mass is 35.5. The number of benzene rings is 2. The number of nitrogens with zero attached hydrogens (tertiary/aromatic N) is 3.